The number of halogens is 1. The number of anilines is 2. The molecule has 0 saturated heterocycles. The van der Waals surface area contributed by atoms with Gasteiger partial charge in [-0.2, -0.15) is 0 Å². The van der Waals surface area contributed by atoms with Gasteiger partial charge in [-0.3, -0.25) is 0 Å². The largest absolute Gasteiger partial charge is 0.344 e. The lowest BCUT2D eigenvalue weighted by atomic mass is 10.0. The van der Waals surface area contributed by atoms with Crippen molar-refractivity contribution >= 4 is 27.3 Å². The molecule has 0 amide bonds. The molecule has 0 heterocycles. The summed E-state index contributed by atoms with van der Waals surface area (Å²) < 4.78 is 1.13. The Bertz CT molecular complexity index is 610. The Morgan fingerprint density at radius 3 is 2.52 bits per heavy atom. The fraction of sp³-hybridized carbons (Fsp3) is 0.333. The molecule has 0 radical (unpaired) electrons. The predicted molar refractivity (Wildman–Crippen MR) is 95.4 cm³/mol. The molecule has 0 aliphatic heterocycles. The molecule has 0 aromatic heterocycles. The molecular formula is C18H23BrN2. The van der Waals surface area contributed by atoms with Gasteiger partial charge in [0.05, 0.1) is 0 Å². The zero-order valence-corrected chi connectivity index (χ0v) is 14.5. The number of benzene rings is 2. The Balaban J connectivity index is 2.26. The fourth-order valence-electron chi connectivity index (χ4n) is 2.42. The molecule has 0 bridgehead atoms. The van der Waals surface area contributed by atoms with E-state index in [0.717, 1.165) is 17.3 Å². The van der Waals surface area contributed by atoms with Gasteiger partial charge in [-0.25, -0.2) is 0 Å². The van der Waals surface area contributed by atoms with E-state index in [4.69, 9.17) is 5.73 Å². The normalized spacial score (nSPS) is 12.2. The van der Waals surface area contributed by atoms with Crippen LogP contribution < -0.4 is 10.6 Å². The van der Waals surface area contributed by atoms with Crippen molar-refractivity contribution in [1.82, 2.24) is 0 Å². The summed E-state index contributed by atoms with van der Waals surface area (Å²) in [7, 11) is 2.10. The van der Waals surface area contributed by atoms with E-state index in [1.165, 1.54) is 22.5 Å². The second kappa shape index (κ2) is 7.10. The van der Waals surface area contributed by atoms with Crippen LogP contribution in [-0.2, 0) is 6.42 Å². The Kier molecular flexibility index (Phi) is 5.43. The summed E-state index contributed by atoms with van der Waals surface area (Å²) in [6, 6.07) is 15.1. The molecule has 2 rings (SSSR count). The van der Waals surface area contributed by atoms with Crippen LogP contribution in [0.4, 0.5) is 11.4 Å². The topological polar surface area (TPSA) is 29.3 Å². The van der Waals surface area contributed by atoms with Crippen molar-refractivity contribution in [2.75, 3.05) is 11.9 Å². The number of para-hydroxylation sites is 1. The lowest BCUT2D eigenvalue weighted by Gasteiger charge is -2.22. The summed E-state index contributed by atoms with van der Waals surface area (Å²) in [6.07, 6.45) is 1.91. The standard InChI is InChI=1S/C18H23BrN2/c1-4-15(20)11-14-9-10-16(12-17(14)19)21(3)18-8-6-5-7-13(18)2/h5-10,12,15H,4,11,20H2,1-3H3. The predicted octanol–water partition coefficient (Wildman–Crippen LogP) is 4.81. The first-order chi connectivity index (χ1) is 10.0. The summed E-state index contributed by atoms with van der Waals surface area (Å²) >= 11 is 3.68. The Morgan fingerprint density at radius 1 is 1.19 bits per heavy atom. The summed E-state index contributed by atoms with van der Waals surface area (Å²) in [5, 5.41) is 0. The molecular weight excluding hydrogens is 324 g/mol. The number of aryl methyl sites for hydroxylation is 1. The second-order valence-corrected chi connectivity index (χ2v) is 6.35. The van der Waals surface area contributed by atoms with Crippen molar-refractivity contribution < 1.29 is 0 Å². The highest BCUT2D eigenvalue weighted by Crippen LogP contribution is 2.30. The van der Waals surface area contributed by atoms with E-state index in [2.05, 4.69) is 84.2 Å². The molecule has 0 aliphatic carbocycles. The van der Waals surface area contributed by atoms with Crippen molar-refractivity contribution in [1.29, 1.82) is 0 Å². The van der Waals surface area contributed by atoms with E-state index in [9.17, 15) is 0 Å². The van der Waals surface area contributed by atoms with Gasteiger partial charge in [0.15, 0.2) is 0 Å². The molecule has 2 N–H and O–H groups in total. The van der Waals surface area contributed by atoms with Crippen LogP contribution in [0.3, 0.4) is 0 Å². The molecule has 1 unspecified atom stereocenters. The van der Waals surface area contributed by atoms with Crippen molar-refractivity contribution in [2.45, 2.75) is 32.7 Å². The SMILES string of the molecule is CCC(N)Cc1ccc(N(C)c2ccccc2C)cc1Br. The maximum absolute atomic E-state index is 6.05. The van der Waals surface area contributed by atoms with Gasteiger partial charge in [-0.05, 0) is 49.1 Å². The Labute approximate surface area is 136 Å². The third-order valence-electron chi connectivity index (χ3n) is 3.91. The highest BCUT2D eigenvalue weighted by molar-refractivity contribution is 9.10. The zero-order chi connectivity index (χ0) is 15.4. The van der Waals surface area contributed by atoms with Crippen LogP contribution in [0.25, 0.3) is 0 Å². The molecule has 2 aromatic carbocycles. The lowest BCUT2D eigenvalue weighted by molar-refractivity contribution is 0.645. The van der Waals surface area contributed by atoms with E-state index in [0.29, 0.717) is 0 Å². The van der Waals surface area contributed by atoms with E-state index in [-0.39, 0.29) is 6.04 Å². The van der Waals surface area contributed by atoms with E-state index >= 15 is 0 Å². The van der Waals surface area contributed by atoms with Crippen LogP contribution in [0.2, 0.25) is 0 Å². The van der Waals surface area contributed by atoms with Gasteiger partial charge >= 0.3 is 0 Å². The first kappa shape index (κ1) is 16.1. The summed E-state index contributed by atoms with van der Waals surface area (Å²) in [6.45, 7) is 4.26. The fourth-order valence-corrected chi connectivity index (χ4v) is 2.94. The van der Waals surface area contributed by atoms with E-state index in [1.54, 1.807) is 0 Å². The van der Waals surface area contributed by atoms with E-state index in [1.807, 2.05) is 0 Å². The first-order valence-corrected chi connectivity index (χ1v) is 8.15. The average molecular weight is 347 g/mol. The number of hydrogen-bond donors (Lipinski definition) is 1. The first-order valence-electron chi connectivity index (χ1n) is 7.36. The van der Waals surface area contributed by atoms with Crippen LogP contribution in [0.1, 0.15) is 24.5 Å². The monoisotopic (exact) mass is 346 g/mol. The van der Waals surface area contributed by atoms with Crippen molar-refractivity contribution in [3.05, 3.63) is 58.1 Å². The highest BCUT2D eigenvalue weighted by Gasteiger charge is 2.10. The number of nitrogens with two attached hydrogens (primary N) is 1. The summed E-state index contributed by atoms with van der Waals surface area (Å²) in [5.41, 5.74) is 11.0. The minimum absolute atomic E-state index is 0.223. The molecule has 0 saturated carbocycles. The smallest absolute Gasteiger partial charge is 0.0437 e. The van der Waals surface area contributed by atoms with Crippen LogP contribution in [0, 0.1) is 6.92 Å². The summed E-state index contributed by atoms with van der Waals surface area (Å²) in [4.78, 5) is 2.21. The van der Waals surface area contributed by atoms with Gasteiger partial charge in [0, 0.05) is 28.9 Å². The number of rotatable bonds is 5. The second-order valence-electron chi connectivity index (χ2n) is 5.49. The van der Waals surface area contributed by atoms with Crippen molar-refractivity contribution in [2.24, 2.45) is 5.73 Å². The van der Waals surface area contributed by atoms with Crippen LogP contribution >= 0.6 is 15.9 Å². The molecule has 2 aromatic rings. The molecule has 3 heteroatoms. The van der Waals surface area contributed by atoms with Gasteiger partial charge in [0.1, 0.15) is 0 Å². The lowest BCUT2D eigenvalue weighted by Crippen LogP contribution is -2.21. The van der Waals surface area contributed by atoms with Crippen molar-refractivity contribution in [3.8, 4) is 0 Å². The molecule has 0 aliphatic rings. The molecule has 21 heavy (non-hydrogen) atoms. The van der Waals surface area contributed by atoms with Gasteiger partial charge in [0.25, 0.3) is 0 Å². The highest BCUT2D eigenvalue weighted by atomic mass is 79.9. The number of nitrogens with zero attached hydrogens (tertiary/aromatic N) is 1. The maximum Gasteiger partial charge on any atom is 0.0437 e. The third-order valence-corrected chi connectivity index (χ3v) is 4.65. The maximum atomic E-state index is 6.05. The molecule has 1 atom stereocenters. The van der Waals surface area contributed by atoms with Gasteiger partial charge in [-0.1, -0.05) is 47.1 Å². The molecule has 2 nitrogen and oxygen atoms in total. The van der Waals surface area contributed by atoms with Crippen LogP contribution in [-0.4, -0.2) is 13.1 Å². The van der Waals surface area contributed by atoms with Gasteiger partial charge < -0.3 is 10.6 Å². The molecule has 112 valence electrons. The Hall–Kier alpha value is -1.32. The molecule has 0 spiro atoms. The zero-order valence-electron chi connectivity index (χ0n) is 12.9. The minimum Gasteiger partial charge on any atom is -0.344 e. The van der Waals surface area contributed by atoms with Gasteiger partial charge in [0.2, 0.25) is 0 Å². The van der Waals surface area contributed by atoms with Crippen molar-refractivity contribution in [3.63, 3.8) is 0 Å². The Morgan fingerprint density at radius 2 is 1.90 bits per heavy atom. The van der Waals surface area contributed by atoms with Crippen LogP contribution in [0.5, 0.6) is 0 Å². The number of hydrogen-bond acceptors (Lipinski definition) is 2. The quantitative estimate of drug-likeness (QED) is 0.841. The van der Waals surface area contributed by atoms with Gasteiger partial charge in [-0.15, -0.1) is 0 Å². The average Bonchev–Trinajstić information content (AvgIpc) is 2.49. The summed E-state index contributed by atoms with van der Waals surface area (Å²) in [5.74, 6) is 0. The minimum atomic E-state index is 0.223. The van der Waals surface area contributed by atoms with Crippen LogP contribution in [0.15, 0.2) is 46.9 Å². The van der Waals surface area contributed by atoms with E-state index < -0.39 is 0 Å². The molecule has 0 fully saturated rings. The third kappa shape index (κ3) is 3.86.